The molecule has 144 valence electrons. The fourth-order valence-corrected chi connectivity index (χ4v) is 3.35. The highest BCUT2D eigenvalue weighted by Crippen LogP contribution is 2.30. The first kappa shape index (κ1) is 18.8. The molecule has 2 heterocycles. The number of halogens is 2. The van der Waals surface area contributed by atoms with Gasteiger partial charge in [0, 0.05) is 39.7 Å². The topological polar surface area (TPSA) is 54.0 Å². The van der Waals surface area contributed by atoms with Crippen LogP contribution in [0, 0.1) is 0 Å². The van der Waals surface area contributed by atoms with E-state index in [1.54, 1.807) is 12.0 Å². The molecule has 0 aromatic heterocycles. The van der Waals surface area contributed by atoms with Crippen LogP contribution < -0.4 is 15.0 Å². The van der Waals surface area contributed by atoms with Crippen molar-refractivity contribution < 1.29 is 23.0 Å². The number of hydrogen-bond acceptors (Lipinski definition) is 5. The maximum atomic E-state index is 13.3. The molecule has 1 unspecified atom stereocenters. The lowest BCUT2D eigenvalue weighted by atomic mass is 10.1. The average Bonchev–Trinajstić information content (AvgIpc) is 3.02. The third kappa shape index (κ3) is 4.42. The predicted molar refractivity (Wildman–Crippen MR) is 94.0 cm³/mol. The summed E-state index contributed by atoms with van der Waals surface area (Å²) < 4.78 is 37.4. The third-order valence-corrected chi connectivity index (χ3v) is 4.75. The number of alkyl halides is 2. The number of methoxy groups -OCH3 is 1. The number of anilines is 1. The summed E-state index contributed by atoms with van der Waals surface area (Å²) in [6.07, 6.45) is -0.414. The molecule has 1 aromatic rings. The minimum absolute atomic E-state index is 0.230. The van der Waals surface area contributed by atoms with Gasteiger partial charge in [-0.15, -0.1) is 0 Å². The lowest BCUT2D eigenvalue weighted by Crippen LogP contribution is -2.53. The molecule has 2 aliphatic rings. The molecule has 3 rings (SSSR count). The van der Waals surface area contributed by atoms with Crippen LogP contribution in [0.3, 0.4) is 0 Å². The molecule has 1 aromatic carbocycles. The Hall–Kier alpha value is -1.93. The van der Waals surface area contributed by atoms with E-state index >= 15 is 0 Å². The van der Waals surface area contributed by atoms with Crippen LogP contribution in [0.2, 0.25) is 0 Å². The van der Waals surface area contributed by atoms with E-state index < -0.39 is 24.9 Å². The van der Waals surface area contributed by atoms with E-state index in [1.165, 1.54) is 0 Å². The van der Waals surface area contributed by atoms with E-state index in [4.69, 9.17) is 9.47 Å². The number of rotatable bonds is 6. The second-order valence-electron chi connectivity index (χ2n) is 6.61. The molecule has 1 amide bonds. The lowest BCUT2D eigenvalue weighted by Gasteiger charge is -2.37. The summed E-state index contributed by atoms with van der Waals surface area (Å²) in [6, 6.07) is 6.98. The highest BCUT2D eigenvalue weighted by atomic mass is 19.3. The number of carbonyl (C=O) groups is 1. The largest absolute Gasteiger partial charge is 0.489 e. The zero-order chi connectivity index (χ0) is 18.6. The minimum Gasteiger partial charge on any atom is -0.489 e. The van der Waals surface area contributed by atoms with Crippen molar-refractivity contribution >= 4 is 11.6 Å². The number of amides is 1. The van der Waals surface area contributed by atoms with Crippen LogP contribution in [0.5, 0.6) is 5.75 Å². The standard InChI is InChI=1S/C18H25F2N3O3/c1-25-10-11-26-16-5-3-2-4-15(16)22-6-8-23(9-7-22)17(24)14-12-18(19,20)13-21-14/h2-5,14,21H,6-13H2,1H3. The van der Waals surface area contributed by atoms with E-state index in [1.807, 2.05) is 24.3 Å². The molecule has 6 nitrogen and oxygen atoms in total. The summed E-state index contributed by atoms with van der Waals surface area (Å²) in [5, 5.41) is 2.64. The van der Waals surface area contributed by atoms with Gasteiger partial charge >= 0.3 is 0 Å². The van der Waals surface area contributed by atoms with E-state index in [0.29, 0.717) is 39.4 Å². The predicted octanol–water partition coefficient (Wildman–Crippen LogP) is 1.36. The first-order chi connectivity index (χ1) is 12.5. The fourth-order valence-electron chi connectivity index (χ4n) is 3.35. The van der Waals surface area contributed by atoms with Gasteiger partial charge in [0.2, 0.25) is 5.91 Å². The van der Waals surface area contributed by atoms with Crippen LogP contribution in [0.4, 0.5) is 14.5 Å². The number of nitrogens with one attached hydrogen (secondary N) is 1. The maximum absolute atomic E-state index is 13.3. The summed E-state index contributed by atoms with van der Waals surface area (Å²) in [5.41, 5.74) is 0.973. The van der Waals surface area contributed by atoms with Gasteiger partial charge in [0.25, 0.3) is 5.92 Å². The van der Waals surface area contributed by atoms with Crippen LogP contribution in [0.15, 0.2) is 24.3 Å². The van der Waals surface area contributed by atoms with Gasteiger partial charge in [-0.1, -0.05) is 12.1 Å². The van der Waals surface area contributed by atoms with Crippen molar-refractivity contribution in [1.82, 2.24) is 10.2 Å². The van der Waals surface area contributed by atoms with Gasteiger partial charge in [-0.2, -0.15) is 0 Å². The summed E-state index contributed by atoms with van der Waals surface area (Å²) in [4.78, 5) is 16.3. The minimum atomic E-state index is -2.79. The first-order valence-electron chi connectivity index (χ1n) is 8.86. The second-order valence-corrected chi connectivity index (χ2v) is 6.61. The molecule has 0 spiro atoms. The zero-order valence-electron chi connectivity index (χ0n) is 14.9. The molecule has 0 aliphatic carbocycles. The SMILES string of the molecule is COCCOc1ccccc1N1CCN(C(=O)C2CC(F)(F)CN2)CC1. The van der Waals surface area contributed by atoms with E-state index in [-0.39, 0.29) is 5.91 Å². The lowest BCUT2D eigenvalue weighted by molar-refractivity contribution is -0.134. The Morgan fingerprint density at radius 2 is 1.96 bits per heavy atom. The molecular formula is C18H25F2N3O3. The average molecular weight is 369 g/mol. The maximum Gasteiger partial charge on any atom is 0.262 e. The van der Waals surface area contributed by atoms with E-state index in [2.05, 4.69) is 10.2 Å². The molecule has 0 radical (unpaired) electrons. The molecule has 8 heteroatoms. The quantitative estimate of drug-likeness (QED) is 0.768. The molecule has 1 atom stereocenters. The molecule has 0 saturated carbocycles. The highest BCUT2D eigenvalue weighted by molar-refractivity contribution is 5.82. The van der Waals surface area contributed by atoms with Gasteiger partial charge in [0.1, 0.15) is 12.4 Å². The molecule has 1 N–H and O–H groups in total. The zero-order valence-corrected chi connectivity index (χ0v) is 14.9. The third-order valence-electron chi connectivity index (χ3n) is 4.75. The normalized spacial score (nSPS) is 22.5. The molecule has 26 heavy (non-hydrogen) atoms. The van der Waals surface area contributed by atoms with Crippen molar-refractivity contribution in [2.75, 3.05) is 57.9 Å². The van der Waals surface area contributed by atoms with Crippen molar-refractivity contribution in [2.45, 2.75) is 18.4 Å². The van der Waals surface area contributed by atoms with Crippen LogP contribution in [0.1, 0.15) is 6.42 Å². The van der Waals surface area contributed by atoms with Crippen LogP contribution >= 0.6 is 0 Å². The van der Waals surface area contributed by atoms with Crippen molar-refractivity contribution in [1.29, 1.82) is 0 Å². The van der Waals surface area contributed by atoms with Crippen molar-refractivity contribution in [2.24, 2.45) is 0 Å². The Labute approximate surface area is 152 Å². The van der Waals surface area contributed by atoms with Crippen molar-refractivity contribution in [3.05, 3.63) is 24.3 Å². The number of ether oxygens (including phenoxy) is 2. The van der Waals surface area contributed by atoms with Gasteiger partial charge in [0.05, 0.1) is 24.9 Å². The highest BCUT2D eigenvalue weighted by Gasteiger charge is 2.43. The molecule has 0 bridgehead atoms. The Morgan fingerprint density at radius 1 is 1.23 bits per heavy atom. The summed E-state index contributed by atoms with van der Waals surface area (Å²) in [7, 11) is 1.63. The van der Waals surface area contributed by atoms with Gasteiger partial charge in [-0.3, -0.25) is 10.1 Å². The first-order valence-corrected chi connectivity index (χ1v) is 8.86. The van der Waals surface area contributed by atoms with Crippen LogP contribution in [0.25, 0.3) is 0 Å². The second kappa shape index (κ2) is 8.18. The van der Waals surface area contributed by atoms with Gasteiger partial charge < -0.3 is 19.3 Å². The summed E-state index contributed by atoms with van der Waals surface area (Å²) in [5.74, 6) is -2.24. The summed E-state index contributed by atoms with van der Waals surface area (Å²) >= 11 is 0. The smallest absolute Gasteiger partial charge is 0.262 e. The number of nitrogens with zero attached hydrogens (tertiary/aromatic N) is 2. The van der Waals surface area contributed by atoms with Crippen LogP contribution in [-0.4, -0.2) is 75.8 Å². The Balaban J connectivity index is 1.56. The van der Waals surface area contributed by atoms with E-state index in [0.717, 1.165) is 11.4 Å². The molecule has 2 fully saturated rings. The molecule has 2 aliphatic heterocycles. The Bertz CT molecular complexity index is 621. The fraction of sp³-hybridized carbons (Fsp3) is 0.611. The Kier molecular flexibility index (Phi) is 5.93. The van der Waals surface area contributed by atoms with Crippen molar-refractivity contribution in [3.8, 4) is 5.75 Å². The monoisotopic (exact) mass is 369 g/mol. The number of carbonyl (C=O) groups excluding carboxylic acids is 1. The number of hydrogen-bond donors (Lipinski definition) is 1. The molecular weight excluding hydrogens is 344 g/mol. The summed E-state index contributed by atoms with van der Waals surface area (Å²) in [6.45, 7) is 2.85. The number of benzene rings is 1. The van der Waals surface area contributed by atoms with Gasteiger partial charge in [0.15, 0.2) is 0 Å². The number of piperazine rings is 1. The van der Waals surface area contributed by atoms with Gasteiger partial charge in [-0.05, 0) is 12.1 Å². The Morgan fingerprint density at radius 3 is 2.62 bits per heavy atom. The van der Waals surface area contributed by atoms with Gasteiger partial charge in [-0.25, -0.2) is 8.78 Å². The van der Waals surface area contributed by atoms with E-state index in [9.17, 15) is 13.6 Å². The van der Waals surface area contributed by atoms with Crippen LogP contribution in [-0.2, 0) is 9.53 Å². The molecule has 2 saturated heterocycles. The number of para-hydroxylation sites is 2. The van der Waals surface area contributed by atoms with Crippen molar-refractivity contribution in [3.63, 3.8) is 0 Å².